The van der Waals surface area contributed by atoms with Crippen molar-refractivity contribution in [2.24, 2.45) is 0 Å². The first kappa shape index (κ1) is 14.1. The van der Waals surface area contributed by atoms with Gasteiger partial charge in [0.05, 0.1) is 0 Å². The van der Waals surface area contributed by atoms with Crippen molar-refractivity contribution in [3.8, 4) is 0 Å². The molecule has 0 saturated heterocycles. The van der Waals surface area contributed by atoms with Crippen LogP contribution in [0.15, 0.2) is 0 Å². The van der Waals surface area contributed by atoms with Crippen LogP contribution in [0.5, 0.6) is 0 Å². The lowest BCUT2D eigenvalue weighted by molar-refractivity contribution is 0.0953. The molecule has 106 valence electrons. The van der Waals surface area contributed by atoms with Crippen molar-refractivity contribution in [3.05, 3.63) is 5.56 Å². The lowest BCUT2D eigenvalue weighted by Gasteiger charge is -2.20. The molecule has 1 amide bonds. The van der Waals surface area contributed by atoms with Crippen LogP contribution in [0.25, 0.3) is 0 Å². The molecule has 4 N–H and O–H groups in total. The third-order valence-corrected chi connectivity index (χ3v) is 4.12. The summed E-state index contributed by atoms with van der Waals surface area (Å²) in [6, 6.07) is 0.683. The van der Waals surface area contributed by atoms with E-state index in [4.69, 9.17) is 5.73 Å². The molecule has 1 aliphatic rings. The van der Waals surface area contributed by atoms with E-state index in [-0.39, 0.29) is 5.91 Å². The number of nitrogens with zero attached hydrogens (tertiary/aromatic N) is 2. The van der Waals surface area contributed by atoms with Gasteiger partial charge in [-0.1, -0.05) is 0 Å². The number of rotatable bonds is 6. The van der Waals surface area contributed by atoms with Crippen LogP contribution in [0.2, 0.25) is 0 Å². The molecule has 7 heteroatoms. The average Bonchev–Trinajstić information content (AvgIpc) is 3.07. The second-order valence-corrected chi connectivity index (χ2v) is 5.99. The first-order valence-corrected chi connectivity index (χ1v) is 7.22. The summed E-state index contributed by atoms with van der Waals surface area (Å²) >= 11 is 1.24. The molecule has 0 aliphatic heterocycles. The quantitative estimate of drug-likeness (QED) is 0.725. The molecule has 1 fully saturated rings. The van der Waals surface area contributed by atoms with Crippen LogP contribution in [0.4, 0.5) is 10.8 Å². The minimum Gasteiger partial charge on any atom is -0.382 e. The number of nitrogens with one attached hydrogen (secondary N) is 2. The number of carbonyl (C=O) groups is 1. The maximum Gasteiger partial charge on any atom is 0.258 e. The zero-order valence-corrected chi connectivity index (χ0v) is 12.4. The van der Waals surface area contributed by atoms with Crippen molar-refractivity contribution < 1.29 is 4.79 Å². The summed E-state index contributed by atoms with van der Waals surface area (Å²) in [4.78, 5) is 14.2. The fourth-order valence-corrected chi connectivity index (χ4v) is 2.27. The van der Waals surface area contributed by atoms with Gasteiger partial charge in [0, 0.05) is 18.6 Å². The molecule has 1 aliphatic carbocycles. The maximum atomic E-state index is 12.1. The van der Waals surface area contributed by atoms with Crippen molar-refractivity contribution in [2.75, 3.05) is 31.7 Å². The van der Waals surface area contributed by atoms with E-state index in [1.807, 2.05) is 14.1 Å². The predicted octanol–water partition coefficient (Wildman–Crippen LogP) is 0.979. The van der Waals surface area contributed by atoms with Gasteiger partial charge in [-0.25, -0.2) is 0 Å². The summed E-state index contributed by atoms with van der Waals surface area (Å²) in [5, 5.41) is 6.96. The monoisotopic (exact) mass is 283 g/mol. The van der Waals surface area contributed by atoms with Crippen LogP contribution in [0.3, 0.4) is 0 Å². The van der Waals surface area contributed by atoms with Gasteiger partial charge in [-0.05, 0) is 45.4 Å². The Labute approximate surface area is 117 Å². The minimum atomic E-state index is -0.117. The van der Waals surface area contributed by atoms with E-state index in [0.717, 1.165) is 24.4 Å². The van der Waals surface area contributed by atoms with E-state index in [9.17, 15) is 4.79 Å². The van der Waals surface area contributed by atoms with Crippen LogP contribution in [0.1, 0.15) is 30.1 Å². The molecule has 1 atom stereocenters. The Morgan fingerprint density at radius 3 is 2.84 bits per heavy atom. The van der Waals surface area contributed by atoms with Crippen molar-refractivity contribution in [3.63, 3.8) is 0 Å². The van der Waals surface area contributed by atoms with E-state index in [2.05, 4.69) is 26.8 Å². The van der Waals surface area contributed by atoms with Crippen molar-refractivity contribution in [1.29, 1.82) is 0 Å². The zero-order valence-electron chi connectivity index (χ0n) is 11.6. The lowest BCUT2D eigenvalue weighted by atomic mass is 10.2. The zero-order chi connectivity index (χ0) is 14.0. The Morgan fingerprint density at radius 2 is 2.26 bits per heavy atom. The topological polar surface area (TPSA) is 83.3 Å². The van der Waals surface area contributed by atoms with E-state index in [1.165, 1.54) is 11.5 Å². The van der Waals surface area contributed by atoms with Gasteiger partial charge in [-0.3, -0.25) is 4.79 Å². The predicted molar refractivity (Wildman–Crippen MR) is 78.7 cm³/mol. The third-order valence-electron chi connectivity index (χ3n) is 3.30. The Bertz CT molecular complexity index is 455. The lowest BCUT2D eigenvalue weighted by Crippen LogP contribution is -2.32. The molecular formula is C12H21N5OS. The average molecular weight is 283 g/mol. The second kappa shape index (κ2) is 5.75. The molecule has 0 spiro atoms. The second-order valence-electron chi connectivity index (χ2n) is 5.21. The highest BCUT2D eigenvalue weighted by atomic mass is 32.1. The van der Waals surface area contributed by atoms with Gasteiger partial charge in [-0.2, -0.15) is 4.37 Å². The molecule has 0 radical (unpaired) electrons. The number of nitrogens with two attached hydrogens (primary N) is 1. The van der Waals surface area contributed by atoms with Gasteiger partial charge < -0.3 is 21.3 Å². The van der Waals surface area contributed by atoms with Gasteiger partial charge in [-0.15, -0.1) is 0 Å². The fraction of sp³-hybridized carbons (Fsp3) is 0.667. The highest BCUT2D eigenvalue weighted by molar-refractivity contribution is 7.11. The Hall–Kier alpha value is -1.34. The normalized spacial score (nSPS) is 16.4. The highest BCUT2D eigenvalue weighted by Gasteiger charge is 2.27. The maximum absolute atomic E-state index is 12.1. The largest absolute Gasteiger partial charge is 0.382 e. The van der Waals surface area contributed by atoms with Gasteiger partial charge in [0.2, 0.25) is 0 Å². The number of aromatic nitrogens is 1. The molecule has 1 heterocycles. The SMILES string of the molecule is CC(CNc1snc(N)c1C(=O)NC1CC1)N(C)C. The summed E-state index contributed by atoms with van der Waals surface area (Å²) in [6.45, 7) is 2.86. The van der Waals surface area contributed by atoms with Gasteiger partial charge in [0.25, 0.3) is 5.91 Å². The molecule has 0 aromatic carbocycles. The highest BCUT2D eigenvalue weighted by Crippen LogP contribution is 2.28. The number of likely N-dealkylation sites (N-methyl/N-ethyl adjacent to an activating group) is 1. The van der Waals surface area contributed by atoms with Crippen molar-refractivity contribution >= 4 is 28.3 Å². The smallest absolute Gasteiger partial charge is 0.258 e. The van der Waals surface area contributed by atoms with Gasteiger partial charge >= 0.3 is 0 Å². The Kier molecular flexibility index (Phi) is 4.26. The number of anilines is 2. The first-order chi connectivity index (χ1) is 8.99. The summed E-state index contributed by atoms with van der Waals surface area (Å²) in [6.07, 6.45) is 2.12. The summed E-state index contributed by atoms with van der Waals surface area (Å²) in [7, 11) is 4.04. The number of hydrogen-bond acceptors (Lipinski definition) is 6. The van der Waals surface area contributed by atoms with Crippen LogP contribution >= 0.6 is 11.5 Å². The molecule has 6 nitrogen and oxygen atoms in total. The summed E-state index contributed by atoms with van der Waals surface area (Å²) in [5.74, 6) is 0.192. The molecule has 1 unspecified atom stereocenters. The Balaban J connectivity index is 2.01. The van der Waals surface area contributed by atoms with Crippen LogP contribution in [-0.2, 0) is 0 Å². The Morgan fingerprint density at radius 1 is 1.58 bits per heavy atom. The number of nitrogen functional groups attached to an aromatic ring is 1. The van der Waals surface area contributed by atoms with Gasteiger partial charge in [0.15, 0.2) is 5.82 Å². The third kappa shape index (κ3) is 3.57. The van der Waals surface area contributed by atoms with Crippen LogP contribution in [0, 0.1) is 0 Å². The molecule has 1 aromatic rings. The fourth-order valence-electron chi connectivity index (χ4n) is 1.55. The van der Waals surface area contributed by atoms with Crippen LogP contribution < -0.4 is 16.4 Å². The molecule has 2 rings (SSSR count). The number of carbonyl (C=O) groups excluding carboxylic acids is 1. The number of hydrogen-bond donors (Lipinski definition) is 3. The number of amides is 1. The molecule has 19 heavy (non-hydrogen) atoms. The van der Waals surface area contributed by atoms with Crippen molar-refractivity contribution in [1.82, 2.24) is 14.6 Å². The molecule has 1 aromatic heterocycles. The molecule has 0 bridgehead atoms. The summed E-state index contributed by atoms with van der Waals surface area (Å²) < 4.78 is 4.07. The van der Waals surface area contributed by atoms with Gasteiger partial charge in [0.1, 0.15) is 10.6 Å². The standard InChI is InChI=1S/C12H21N5OS/c1-7(17(2)3)6-14-12-9(10(13)16-19-12)11(18)15-8-4-5-8/h7-8,14H,4-6H2,1-3H3,(H2,13,16)(H,15,18). The van der Waals surface area contributed by atoms with E-state index < -0.39 is 0 Å². The van der Waals surface area contributed by atoms with E-state index >= 15 is 0 Å². The van der Waals surface area contributed by atoms with Crippen molar-refractivity contribution in [2.45, 2.75) is 31.8 Å². The first-order valence-electron chi connectivity index (χ1n) is 6.45. The molecular weight excluding hydrogens is 262 g/mol. The van der Waals surface area contributed by atoms with E-state index in [1.54, 1.807) is 0 Å². The van der Waals surface area contributed by atoms with Crippen LogP contribution in [-0.4, -0.2) is 47.9 Å². The molecule has 1 saturated carbocycles. The van der Waals surface area contributed by atoms with E-state index in [0.29, 0.717) is 23.5 Å². The summed E-state index contributed by atoms with van der Waals surface area (Å²) in [5.41, 5.74) is 6.28. The minimum absolute atomic E-state index is 0.117.